The Balaban J connectivity index is 1.24. The molecule has 1 fully saturated rings. The molecule has 1 aromatic heterocycles. The summed E-state index contributed by atoms with van der Waals surface area (Å²) in [5.74, 6) is -0.543. The summed E-state index contributed by atoms with van der Waals surface area (Å²) >= 11 is 7.32. The number of nitrogens with zero attached hydrogens (tertiary/aromatic N) is 3. The minimum Gasteiger partial charge on any atom is -0.368 e. The van der Waals surface area contributed by atoms with Crippen molar-refractivity contribution in [2.45, 2.75) is 12.8 Å². The van der Waals surface area contributed by atoms with Gasteiger partial charge in [-0.15, -0.1) is 0 Å². The van der Waals surface area contributed by atoms with Gasteiger partial charge in [0.2, 0.25) is 11.8 Å². The second-order valence-corrected chi connectivity index (χ2v) is 8.49. The zero-order chi connectivity index (χ0) is 21.1. The molecule has 0 aliphatic carbocycles. The number of hydrogen-bond acceptors (Lipinski definition) is 5. The van der Waals surface area contributed by atoms with Crippen molar-refractivity contribution in [3.05, 3.63) is 53.3 Å². The maximum atomic E-state index is 13.1. The number of carbonyl (C=O) groups is 2. The summed E-state index contributed by atoms with van der Waals surface area (Å²) in [5.41, 5.74) is 1.72. The van der Waals surface area contributed by atoms with Gasteiger partial charge in [-0.25, -0.2) is 9.37 Å². The summed E-state index contributed by atoms with van der Waals surface area (Å²) in [6.45, 7) is 2.52. The van der Waals surface area contributed by atoms with Gasteiger partial charge in [-0.2, -0.15) is 0 Å². The fourth-order valence-corrected chi connectivity index (χ4v) is 4.54. The first-order valence-electron chi connectivity index (χ1n) is 9.62. The van der Waals surface area contributed by atoms with E-state index in [9.17, 15) is 14.0 Å². The van der Waals surface area contributed by atoms with Crippen molar-refractivity contribution in [1.82, 2.24) is 9.88 Å². The topological polar surface area (TPSA) is 65.5 Å². The van der Waals surface area contributed by atoms with E-state index in [0.717, 1.165) is 15.9 Å². The van der Waals surface area contributed by atoms with Gasteiger partial charge in [0.15, 0.2) is 5.13 Å². The monoisotopic (exact) mass is 446 g/mol. The van der Waals surface area contributed by atoms with E-state index in [2.05, 4.69) is 15.2 Å². The van der Waals surface area contributed by atoms with E-state index in [4.69, 9.17) is 11.6 Å². The number of aromatic nitrogens is 1. The summed E-state index contributed by atoms with van der Waals surface area (Å²) in [6, 6.07) is 11.7. The van der Waals surface area contributed by atoms with Gasteiger partial charge in [0.25, 0.3) is 0 Å². The molecule has 2 aromatic carbocycles. The number of carbonyl (C=O) groups excluding carboxylic acids is 2. The molecule has 2 amide bonds. The van der Waals surface area contributed by atoms with E-state index in [0.29, 0.717) is 36.3 Å². The predicted octanol–water partition coefficient (Wildman–Crippen LogP) is 4.16. The molecular formula is C21H20ClFN4O2S. The smallest absolute Gasteiger partial charge is 0.226 e. The third kappa shape index (κ3) is 4.88. The highest BCUT2D eigenvalue weighted by atomic mass is 35.5. The van der Waals surface area contributed by atoms with Crippen LogP contribution in [-0.4, -0.2) is 47.9 Å². The Morgan fingerprint density at radius 1 is 1.07 bits per heavy atom. The van der Waals surface area contributed by atoms with Crippen molar-refractivity contribution < 1.29 is 14.0 Å². The van der Waals surface area contributed by atoms with E-state index in [1.807, 2.05) is 0 Å². The fraction of sp³-hybridized carbons (Fsp3) is 0.286. The van der Waals surface area contributed by atoms with Crippen LogP contribution in [0.5, 0.6) is 0 Å². The highest BCUT2D eigenvalue weighted by Crippen LogP contribution is 2.28. The molecule has 1 aliphatic heterocycles. The Hall–Kier alpha value is -2.71. The number of nitrogens with one attached hydrogen (secondary N) is 1. The summed E-state index contributed by atoms with van der Waals surface area (Å²) in [7, 11) is 0. The molecule has 0 saturated carbocycles. The molecule has 3 aromatic rings. The summed E-state index contributed by atoms with van der Waals surface area (Å²) in [4.78, 5) is 32.9. The Kier molecular flexibility index (Phi) is 6.15. The zero-order valence-electron chi connectivity index (χ0n) is 16.1. The highest BCUT2D eigenvalue weighted by Gasteiger charge is 2.22. The first-order valence-corrected chi connectivity index (χ1v) is 10.8. The van der Waals surface area contributed by atoms with Gasteiger partial charge in [0.1, 0.15) is 5.82 Å². The maximum Gasteiger partial charge on any atom is 0.226 e. The van der Waals surface area contributed by atoms with Gasteiger partial charge in [0.05, 0.1) is 10.2 Å². The number of piperazine rings is 1. The Bertz CT molecular complexity index is 1060. The number of rotatable bonds is 5. The molecule has 0 radical (unpaired) electrons. The molecule has 1 aliphatic rings. The van der Waals surface area contributed by atoms with Gasteiger partial charge in [0, 0.05) is 49.7 Å². The van der Waals surface area contributed by atoms with Crippen LogP contribution < -0.4 is 10.2 Å². The van der Waals surface area contributed by atoms with E-state index in [1.54, 1.807) is 35.2 Å². The lowest BCUT2D eigenvalue weighted by atomic mass is 10.2. The van der Waals surface area contributed by atoms with E-state index in [-0.39, 0.29) is 30.5 Å². The molecule has 0 unspecified atom stereocenters. The van der Waals surface area contributed by atoms with E-state index >= 15 is 0 Å². The van der Waals surface area contributed by atoms with Crippen molar-refractivity contribution in [1.29, 1.82) is 0 Å². The Morgan fingerprint density at radius 3 is 2.53 bits per heavy atom. The largest absolute Gasteiger partial charge is 0.368 e. The fourth-order valence-electron chi connectivity index (χ4n) is 3.38. The first kappa shape index (κ1) is 20.6. The second kappa shape index (κ2) is 8.97. The van der Waals surface area contributed by atoms with E-state index < -0.39 is 0 Å². The molecule has 4 rings (SSSR count). The van der Waals surface area contributed by atoms with Crippen LogP contribution >= 0.6 is 22.9 Å². The summed E-state index contributed by atoms with van der Waals surface area (Å²) in [6.07, 6.45) is 0.257. The quantitative estimate of drug-likeness (QED) is 0.639. The standard InChI is InChI=1S/C21H20ClFN4O2S/c22-14-1-6-17-18(13-14)30-21(24-17)25-19(28)7-8-20(29)27-11-9-26(10-12-27)16-4-2-15(23)3-5-16/h1-6,13H,7-12H2,(H,24,25,28). The van der Waals surface area contributed by atoms with Crippen molar-refractivity contribution in [3.8, 4) is 0 Å². The normalized spacial score (nSPS) is 14.2. The van der Waals surface area contributed by atoms with Crippen LogP contribution in [0.15, 0.2) is 42.5 Å². The third-order valence-corrected chi connectivity index (χ3v) is 6.16. The molecule has 9 heteroatoms. The van der Waals surface area contributed by atoms with Crippen LogP contribution in [0.3, 0.4) is 0 Å². The third-order valence-electron chi connectivity index (χ3n) is 4.99. The minimum absolute atomic E-state index is 0.0417. The SMILES string of the molecule is O=C(CCC(=O)N1CCN(c2ccc(F)cc2)CC1)Nc1nc2ccc(Cl)cc2s1. The molecule has 0 bridgehead atoms. The number of thiazole rings is 1. The van der Waals surface area contributed by atoms with Gasteiger partial charge >= 0.3 is 0 Å². The average molecular weight is 447 g/mol. The lowest BCUT2D eigenvalue weighted by Gasteiger charge is -2.36. The second-order valence-electron chi connectivity index (χ2n) is 7.02. The van der Waals surface area contributed by atoms with Gasteiger partial charge in [-0.3, -0.25) is 9.59 Å². The van der Waals surface area contributed by atoms with Crippen LogP contribution in [0.1, 0.15) is 12.8 Å². The van der Waals surface area contributed by atoms with Crippen LogP contribution in [-0.2, 0) is 9.59 Å². The zero-order valence-corrected chi connectivity index (χ0v) is 17.7. The van der Waals surface area contributed by atoms with Crippen LogP contribution in [0.2, 0.25) is 5.02 Å². The molecule has 6 nitrogen and oxygen atoms in total. The van der Waals surface area contributed by atoms with Gasteiger partial charge in [-0.1, -0.05) is 22.9 Å². The molecule has 2 heterocycles. The number of halogens is 2. The van der Waals surface area contributed by atoms with Crippen LogP contribution in [0, 0.1) is 5.82 Å². The van der Waals surface area contributed by atoms with Crippen molar-refractivity contribution >= 4 is 55.8 Å². The average Bonchev–Trinajstić information content (AvgIpc) is 3.14. The summed E-state index contributed by atoms with van der Waals surface area (Å²) in [5, 5.41) is 3.88. The lowest BCUT2D eigenvalue weighted by molar-refractivity contribution is -0.133. The van der Waals surface area contributed by atoms with Gasteiger partial charge in [-0.05, 0) is 42.5 Å². The van der Waals surface area contributed by atoms with Crippen molar-refractivity contribution in [2.75, 3.05) is 36.4 Å². The van der Waals surface area contributed by atoms with Crippen molar-refractivity contribution in [2.24, 2.45) is 0 Å². The minimum atomic E-state index is -0.263. The Morgan fingerprint density at radius 2 is 1.80 bits per heavy atom. The predicted molar refractivity (Wildman–Crippen MR) is 118 cm³/mol. The molecule has 0 atom stereocenters. The molecule has 0 spiro atoms. The number of benzene rings is 2. The summed E-state index contributed by atoms with van der Waals surface area (Å²) < 4.78 is 14.0. The number of amides is 2. The maximum absolute atomic E-state index is 13.1. The molecule has 30 heavy (non-hydrogen) atoms. The van der Waals surface area contributed by atoms with Crippen molar-refractivity contribution in [3.63, 3.8) is 0 Å². The number of fused-ring (bicyclic) bond motifs is 1. The Labute approximate surface area is 182 Å². The first-order chi connectivity index (χ1) is 14.5. The molecule has 1 saturated heterocycles. The van der Waals surface area contributed by atoms with E-state index in [1.165, 1.54) is 23.5 Å². The van der Waals surface area contributed by atoms with Crippen LogP contribution in [0.4, 0.5) is 15.2 Å². The molecular weight excluding hydrogens is 427 g/mol. The lowest BCUT2D eigenvalue weighted by Crippen LogP contribution is -2.48. The molecule has 156 valence electrons. The number of anilines is 2. The number of hydrogen-bond donors (Lipinski definition) is 1. The highest BCUT2D eigenvalue weighted by molar-refractivity contribution is 7.22. The van der Waals surface area contributed by atoms with Gasteiger partial charge < -0.3 is 15.1 Å². The molecule has 1 N–H and O–H groups in total. The van der Waals surface area contributed by atoms with Crippen LogP contribution in [0.25, 0.3) is 10.2 Å².